The maximum absolute atomic E-state index is 12.5. The van der Waals surface area contributed by atoms with Crippen molar-refractivity contribution < 1.29 is 13.2 Å². The minimum absolute atomic E-state index is 0.307. The molecule has 8 heteroatoms. The van der Waals surface area contributed by atoms with Crippen LogP contribution in [0.5, 0.6) is 0 Å². The average molecular weight is 373 g/mol. The molecule has 23 heavy (non-hydrogen) atoms. The summed E-state index contributed by atoms with van der Waals surface area (Å²) in [5, 5.41) is 3.27. The molecular formula is C15H14Cl2N2O3S. The van der Waals surface area contributed by atoms with Gasteiger partial charge in [0.2, 0.25) is 10.0 Å². The van der Waals surface area contributed by atoms with Gasteiger partial charge in [-0.1, -0.05) is 35.3 Å². The highest BCUT2D eigenvalue weighted by molar-refractivity contribution is 7.92. The second-order valence-electron chi connectivity index (χ2n) is 4.90. The van der Waals surface area contributed by atoms with Crippen molar-refractivity contribution in [2.75, 3.05) is 16.3 Å². The van der Waals surface area contributed by atoms with Gasteiger partial charge in [-0.05, 0) is 36.8 Å². The Morgan fingerprint density at radius 3 is 2.17 bits per heavy atom. The average Bonchev–Trinajstić information content (AvgIpc) is 2.44. The van der Waals surface area contributed by atoms with Crippen molar-refractivity contribution in [2.45, 2.75) is 6.92 Å². The molecule has 0 aliphatic carbocycles. The maximum atomic E-state index is 12.5. The first-order chi connectivity index (χ1) is 10.7. The molecule has 0 saturated heterocycles. The predicted octanol–water partition coefficient (Wildman–Crippen LogP) is 3.93. The van der Waals surface area contributed by atoms with E-state index in [-0.39, 0.29) is 0 Å². The summed E-state index contributed by atoms with van der Waals surface area (Å²) >= 11 is 12.1. The van der Waals surface area contributed by atoms with E-state index >= 15 is 0 Å². The van der Waals surface area contributed by atoms with Crippen LogP contribution in [0.1, 0.15) is 15.9 Å². The number of hydrogen-bond acceptors (Lipinski definition) is 3. The van der Waals surface area contributed by atoms with Crippen molar-refractivity contribution in [3.8, 4) is 0 Å². The van der Waals surface area contributed by atoms with Crippen molar-refractivity contribution >= 4 is 50.5 Å². The van der Waals surface area contributed by atoms with Crippen molar-refractivity contribution in [2.24, 2.45) is 0 Å². The highest BCUT2D eigenvalue weighted by Gasteiger charge is 2.16. The van der Waals surface area contributed by atoms with Crippen LogP contribution in [0.4, 0.5) is 11.4 Å². The van der Waals surface area contributed by atoms with Crippen LogP contribution in [-0.4, -0.2) is 20.6 Å². The highest BCUT2D eigenvalue weighted by atomic mass is 35.5. The maximum Gasteiger partial charge on any atom is 0.256 e. The lowest BCUT2D eigenvalue weighted by Crippen LogP contribution is -2.16. The third-order valence-electron chi connectivity index (χ3n) is 3.08. The van der Waals surface area contributed by atoms with E-state index in [1.807, 2.05) is 0 Å². The van der Waals surface area contributed by atoms with Gasteiger partial charge in [0.1, 0.15) is 0 Å². The summed E-state index contributed by atoms with van der Waals surface area (Å²) in [4.78, 5) is 12.5. The van der Waals surface area contributed by atoms with Crippen molar-refractivity contribution in [3.63, 3.8) is 0 Å². The molecule has 1 amide bonds. The predicted molar refractivity (Wildman–Crippen MR) is 94.1 cm³/mol. The summed E-state index contributed by atoms with van der Waals surface area (Å²) in [6, 6.07) is 9.64. The van der Waals surface area contributed by atoms with Gasteiger partial charge < -0.3 is 5.32 Å². The topological polar surface area (TPSA) is 75.3 Å². The minimum Gasteiger partial charge on any atom is -0.319 e. The van der Waals surface area contributed by atoms with Gasteiger partial charge in [0.05, 0.1) is 27.7 Å². The number of carbonyl (C=O) groups is 1. The Morgan fingerprint density at radius 1 is 1.04 bits per heavy atom. The van der Waals surface area contributed by atoms with Crippen LogP contribution in [0.2, 0.25) is 10.0 Å². The van der Waals surface area contributed by atoms with Gasteiger partial charge in [0, 0.05) is 5.56 Å². The molecule has 0 aliphatic heterocycles. The summed E-state index contributed by atoms with van der Waals surface area (Å²) in [6.45, 7) is 1.65. The molecule has 0 heterocycles. The first-order valence-electron chi connectivity index (χ1n) is 6.52. The Morgan fingerprint density at radius 2 is 1.61 bits per heavy atom. The summed E-state index contributed by atoms with van der Waals surface area (Å²) in [5.74, 6) is -0.436. The normalized spacial score (nSPS) is 11.1. The lowest BCUT2D eigenvalue weighted by molar-refractivity contribution is 0.102. The van der Waals surface area contributed by atoms with E-state index < -0.39 is 15.9 Å². The Bertz CT molecular complexity index is 847. The number of carbonyl (C=O) groups excluding carboxylic acids is 1. The zero-order valence-electron chi connectivity index (χ0n) is 12.4. The molecule has 2 N–H and O–H groups in total. The summed E-state index contributed by atoms with van der Waals surface area (Å²) < 4.78 is 25.1. The van der Waals surface area contributed by atoms with Gasteiger partial charge in [-0.2, -0.15) is 0 Å². The third kappa shape index (κ3) is 4.37. The molecular weight excluding hydrogens is 359 g/mol. The largest absolute Gasteiger partial charge is 0.319 e. The number of halogens is 2. The fourth-order valence-electron chi connectivity index (χ4n) is 1.99. The van der Waals surface area contributed by atoms with E-state index in [2.05, 4.69) is 10.0 Å². The number of nitrogens with one attached hydrogen (secondary N) is 2. The van der Waals surface area contributed by atoms with E-state index in [1.165, 1.54) is 0 Å². The quantitative estimate of drug-likeness (QED) is 0.853. The number of anilines is 2. The van der Waals surface area contributed by atoms with Crippen LogP contribution in [0.25, 0.3) is 0 Å². The van der Waals surface area contributed by atoms with Gasteiger partial charge in [0.25, 0.3) is 5.91 Å². The zero-order chi connectivity index (χ0) is 17.2. The van der Waals surface area contributed by atoms with Crippen LogP contribution in [-0.2, 0) is 10.0 Å². The lowest BCUT2D eigenvalue weighted by Gasteiger charge is -2.13. The monoisotopic (exact) mass is 372 g/mol. The summed E-state index contributed by atoms with van der Waals surface area (Å²) in [5.41, 5.74) is 1.46. The van der Waals surface area contributed by atoms with E-state index in [4.69, 9.17) is 23.2 Å². The fourth-order valence-corrected chi connectivity index (χ4v) is 3.10. The van der Waals surface area contributed by atoms with Crippen LogP contribution in [0, 0.1) is 6.92 Å². The second-order valence-corrected chi connectivity index (χ2v) is 7.47. The Balaban J connectivity index is 2.35. The molecule has 122 valence electrons. The van der Waals surface area contributed by atoms with E-state index in [9.17, 15) is 13.2 Å². The van der Waals surface area contributed by atoms with Gasteiger partial charge in [-0.3, -0.25) is 9.52 Å². The van der Waals surface area contributed by atoms with E-state index in [0.717, 1.165) is 6.26 Å². The summed E-state index contributed by atoms with van der Waals surface area (Å²) in [7, 11) is -3.44. The fraction of sp³-hybridized carbons (Fsp3) is 0.133. The molecule has 0 spiro atoms. The van der Waals surface area contributed by atoms with Gasteiger partial charge in [0.15, 0.2) is 0 Å². The Hall–Kier alpha value is -1.76. The number of rotatable bonds is 4. The number of para-hydroxylation sites is 1. The first-order valence-corrected chi connectivity index (χ1v) is 9.16. The van der Waals surface area contributed by atoms with Crippen LogP contribution < -0.4 is 10.0 Å². The van der Waals surface area contributed by atoms with E-state index in [0.29, 0.717) is 32.5 Å². The van der Waals surface area contributed by atoms with Crippen LogP contribution in [0.15, 0.2) is 36.4 Å². The van der Waals surface area contributed by atoms with Crippen LogP contribution in [0.3, 0.4) is 0 Å². The molecule has 0 unspecified atom stereocenters. The van der Waals surface area contributed by atoms with Crippen molar-refractivity contribution in [1.82, 2.24) is 0 Å². The van der Waals surface area contributed by atoms with Gasteiger partial charge >= 0.3 is 0 Å². The van der Waals surface area contributed by atoms with E-state index in [1.54, 1.807) is 43.3 Å². The van der Waals surface area contributed by atoms with Gasteiger partial charge in [-0.25, -0.2) is 8.42 Å². The zero-order valence-corrected chi connectivity index (χ0v) is 14.7. The molecule has 0 radical (unpaired) electrons. The van der Waals surface area contributed by atoms with Crippen molar-refractivity contribution in [1.29, 1.82) is 0 Å². The molecule has 5 nitrogen and oxygen atoms in total. The number of hydrogen-bond donors (Lipinski definition) is 2. The van der Waals surface area contributed by atoms with Crippen molar-refractivity contribution in [3.05, 3.63) is 57.6 Å². The molecule has 0 fully saturated rings. The number of sulfonamides is 1. The Labute approximate surface area is 144 Å². The smallest absolute Gasteiger partial charge is 0.256 e. The molecule has 0 aliphatic rings. The highest BCUT2D eigenvalue weighted by Crippen LogP contribution is 2.31. The third-order valence-corrected chi connectivity index (χ3v) is 4.30. The molecule has 0 atom stereocenters. The molecule has 0 bridgehead atoms. The number of amides is 1. The number of benzene rings is 2. The Kier molecular flexibility index (Phi) is 5.19. The summed E-state index contributed by atoms with van der Waals surface area (Å²) in [6.07, 6.45) is 1.04. The van der Waals surface area contributed by atoms with Crippen LogP contribution >= 0.6 is 23.2 Å². The minimum atomic E-state index is -3.44. The molecule has 0 aromatic heterocycles. The molecule has 2 aromatic carbocycles. The molecule has 2 aromatic rings. The molecule has 2 rings (SSSR count). The molecule has 0 saturated carbocycles. The first kappa shape index (κ1) is 17.6. The van der Waals surface area contributed by atoms with Gasteiger partial charge in [-0.15, -0.1) is 0 Å². The SMILES string of the molecule is Cc1c(NS(C)(=O)=O)cccc1C(=O)Nc1c(Cl)cccc1Cl. The second kappa shape index (κ2) is 6.78. The standard InChI is InChI=1S/C15H14Cl2N2O3S/c1-9-10(5-3-8-13(9)19-23(2,21)22)15(20)18-14-11(16)6-4-7-12(14)17/h3-8,19H,1-2H3,(H,18,20). The lowest BCUT2D eigenvalue weighted by atomic mass is 10.1.